The summed E-state index contributed by atoms with van der Waals surface area (Å²) in [6.45, 7) is 3.23. The maximum Gasteiger partial charge on any atom is 0.159 e. The quantitative estimate of drug-likeness (QED) is 0.873. The van der Waals surface area contributed by atoms with Gasteiger partial charge in [-0.15, -0.1) is 0 Å². The van der Waals surface area contributed by atoms with E-state index in [-0.39, 0.29) is 0 Å². The lowest BCUT2D eigenvalue weighted by atomic mass is 10.2. The Morgan fingerprint density at radius 1 is 1.22 bits per heavy atom. The molecule has 2 N–H and O–H groups in total. The SMILES string of the molecule is CCOc1cccc(-c2ncc(CCN)cn2)c1. The van der Waals surface area contributed by atoms with Crippen molar-refractivity contribution in [2.24, 2.45) is 5.73 Å². The summed E-state index contributed by atoms with van der Waals surface area (Å²) in [5, 5.41) is 0. The smallest absolute Gasteiger partial charge is 0.159 e. The maximum absolute atomic E-state index is 5.49. The van der Waals surface area contributed by atoms with Gasteiger partial charge in [0.2, 0.25) is 0 Å². The zero-order chi connectivity index (χ0) is 12.8. The van der Waals surface area contributed by atoms with Gasteiger partial charge in [0.25, 0.3) is 0 Å². The molecule has 2 rings (SSSR count). The van der Waals surface area contributed by atoms with E-state index >= 15 is 0 Å². The zero-order valence-corrected chi connectivity index (χ0v) is 10.5. The van der Waals surface area contributed by atoms with Crippen LogP contribution in [0.15, 0.2) is 36.7 Å². The summed E-state index contributed by atoms with van der Waals surface area (Å²) < 4.78 is 5.46. The van der Waals surface area contributed by atoms with Crippen molar-refractivity contribution in [1.82, 2.24) is 9.97 Å². The molecule has 0 aliphatic heterocycles. The lowest BCUT2D eigenvalue weighted by Gasteiger charge is -2.05. The number of hydrogen-bond acceptors (Lipinski definition) is 4. The van der Waals surface area contributed by atoms with Crippen molar-refractivity contribution in [2.75, 3.05) is 13.2 Å². The fourth-order valence-electron chi connectivity index (χ4n) is 1.69. The highest BCUT2D eigenvalue weighted by atomic mass is 16.5. The third-order valence-electron chi connectivity index (χ3n) is 2.54. The average molecular weight is 243 g/mol. The van der Waals surface area contributed by atoms with Crippen molar-refractivity contribution in [1.29, 1.82) is 0 Å². The van der Waals surface area contributed by atoms with E-state index in [2.05, 4.69) is 9.97 Å². The van der Waals surface area contributed by atoms with Crippen molar-refractivity contribution >= 4 is 0 Å². The molecule has 1 aromatic heterocycles. The predicted molar refractivity (Wildman–Crippen MR) is 71.4 cm³/mol. The zero-order valence-electron chi connectivity index (χ0n) is 10.5. The van der Waals surface area contributed by atoms with Crippen LogP contribution in [0, 0.1) is 0 Å². The molecule has 4 heteroatoms. The largest absolute Gasteiger partial charge is 0.494 e. The summed E-state index contributed by atoms with van der Waals surface area (Å²) in [7, 11) is 0. The molecule has 0 atom stereocenters. The number of hydrogen-bond donors (Lipinski definition) is 1. The van der Waals surface area contributed by atoms with Gasteiger partial charge in [0.1, 0.15) is 5.75 Å². The monoisotopic (exact) mass is 243 g/mol. The van der Waals surface area contributed by atoms with E-state index in [0.29, 0.717) is 19.0 Å². The van der Waals surface area contributed by atoms with Crippen LogP contribution in [0.25, 0.3) is 11.4 Å². The van der Waals surface area contributed by atoms with E-state index in [1.807, 2.05) is 43.6 Å². The summed E-state index contributed by atoms with van der Waals surface area (Å²) in [6, 6.07) is 7.79. The second kappa shape index (κ2) is 6.12. The highest BCUT2D eigenvalue weighted by molar-refractivity contribution is 5.57. The maximum atomic E-state index is 5.49. The Balaban J connectivity index is 2.22. The molecule has 0 unspecified atom stereocenters. The molecule has 0 saturated carbocycles. The summed E-state index contributed by atoms with van der Waals surface area (Å²) in [4.78, 5) is 8.69. The van der Waals surface area contributed by atoms with E-state index in [1.165, 1.54) is 0 Å². The summed E-state index contributed by atoms with van der Waals surface area (Å²) in [5.74, 6) is 1.54. The Morgan fingerprint density at radius 2 is 2.00 bits per heavy atom. The Labute approximate surface area is 107 Å². The average Bonchev–Trinajstić information content (AvgIpc) is 2.41. The molecule has 0 aliphatic carbocycles. The van der Waals surface area contributed by atoms with Crippen LogP contribution in [-0.4, -0.2) is 23.1 Å². The number of aromatic nitrogens is 2. The van der Waals surface area contributed by atoms with Crippen molar-refractivity contribution in [3.63, 3.8) is 0 Å². The van der Waals surface area contributed by atoms with Crippen LogP contribution >= 0.6 is 0 Å². The van der Waals surface area contributed by atoms with Gasteiger partial charge in [-0.05, 0) is 37.6 Å². The Hall–Kier alpha value is -1.94. The first-order valence-corrected chi connectivity index (χ1v) is 6.07. The fraction of sp³-hybridized carbons (Fsp3) is 0.286. The molecule has 4 nitrogen and oxygen atoms in total. The van der Waals surface area contributed by atoms with Crippen LogP contribution in [0.4, 0.5) is 0 Å². The van der Waals surface area contributed by atoms with Gasteiger partial charge >= 0.3 is 0 Å². The molecule has 1 heterocycles. The van der Waals surface area contributed by atoms with Crippen molar-refractivity contribution in [2.45, 2.75) is 13.3 Å². The molecule has 0 radical (unpaired) electrons. The Morgan fingerprint density at radius 3 is 2.67 bits per heavy atom. The normalized spacial score (nSPS) is 10.3. The minimum absolute atomic E-state index is 0.614. The van der Waals surface area contributed by atoms with Crippen LogP contribution in [0.1, 0.15) is 12.5 Å². The number of benzene rings is 1. The standard InChI is InChI=1S/C14H17N3O/c1-2-18-13-5-3-4-12(8-13)14-16-9-11(6-7-15)10-17-14/h3-5,8-10H,2,6-7,15H2,1H3. The lowest BCUT2D eigenvalue weighted by Crippen LogP contribution is -2.03. The predicted octanol–water partition coefficient (Wildman–Crippen LogP) is 2.04. The molecule has 0 amide bonds. The molecule has 1 aromatic carbocycles. The molecule has 18 heavy (non-hydrogen) atoms. The van der Waals surface area contributed by atoms with Crippen LogP contribution < -0.4 is 10.5 Å². The van der Waals surface area contributed by atoms with Gasteiger partial charge in [0.05, 0.1) is 6.61 Å². The van der Waals surface area contributed by atoms with Crippen LogP contribution in [-0.2, 0) is 6.42 Å². The first kappa shape index (κ1) is 12.5. The van der Waals surface area contributed by atoms with Gasteiger partial charge in [-0.1, -0.05) is 12.1 Å². The molecule has 0 saturated heterocycles. The van der Waals surface area contributed by atoms with E-state index in [1.54, 1.807) is 0 Å². The number of nitrogens with two attached hydrogens (primary N) is 1. The molecule has 0 aliphatic rings. The van der Waals surface area contributed by atoms with Crippen LogP contribution in [0.2, 0.25) is 0 Å². The Bertz CT molecular complexity index is 497. The van der Waals surface area contributed by atoms with Gasteiger partial charge in [0, 0.05) is 18.0 Å². The first-order valence-electron chi connectivity index (χ1n) is 6.07. The van der Waals surface area contributed by atoms with Crippen LogP contribution in [0.3, 0.4) is 0 Å². The minimum Gasteiger partial charge on any atom is -0.494 e. The highest BCUT2D eigenvalue weighted by Crippen LogP contribution is 2.20. The van der Waals surface area contributed by atoms with Gasteiger partial charge in [-0.25, -0.2) is 9.97 Å². The molecular formula is C14H17N3O. The number of rotatable bonds is 5. The molecule has 0 fully saturated rings. The lowest BCUT2D eigenvalue weighted by molar-refractivity contribution is 0.340. The topological polar surface area (TPSA) is 61.0 Å². The van der Waals surface area contributed by atoms with Gasteiger partial charge in [-0.2, -0.15) is 0 Å². The molecule has 94 valence electrons. The van der Waals surface area contributed by atoms with E-state index in [9.17, 15) is 0 Å². The van der Waals surface area contributed by atoms with Crippen molar-refractivity contribution in [3.8, 4) is 17.1 Å². The Kier molecular flexibility index (Phi) is 4.25. The van der Waals surface area contributed by atoms with Crippen molar-refractivity contribution < 1.29 is 4.74 Å². The molecule has 2 aromatic rings. The molecule has 0 spiro atoms. The van der Waals surface area contributed by atoms with Crippen molar-refractivity contribution in [3.05, 3.63) is 42.2 Å². The van der Waals surface area contributed by atoms with Gasteiger partial charge in [-0.3, -0.25) is 0 Å². The highest BCUT2D eigenvalue weighted by Gasteiger charge is 2.03. The number of nitrogens with zero attached hydrogens (tertiary/aromatic N) is 2. The van der Waals surface area contributed by atoms with E-state index in [4.69, 9.17) is 10.5 Å². The summed E-state index contributed by atoms with van der Waals surface area (Å²) >= 11 is 0. The summed E-state index contributed by atoms with van der Waals surface area (Å²) in [6.07, 6.45) is 4.45. The van der Waals surface area contributed by atoms with Gasteiger partial charge in [0.15, 0.2) is 5.82 Å². The molecular weight excluding hydrogens is 226 g/mol. The molecule has 0 bridgehead atoms. The van der Waals surface area contributed by atoms with E-state index in [0.717, 1.165) is 23.3 Å². The van der Waals surface area contributed by atoms with Crippen LogP contribution in [0.5, 0.6) is 5.75 Å². The van der Waals surface area contributed by atoms with Gasteiger partial charge < -0.3 is 10.5 Å². The fourth-order valence-corrected chi connectivity index (χ4v) is 1.69. The third-order valence-corrected chi connectivity index (χ3v) is 2.54. The third kappa shape index (κ3) is 3.05. The van der Waals surface area contributed by atoms with E-state index < -0.39 is 0 Å². The second-order valence-electron chi connectivity index (χ2n) is 3.91. The first-order chi connectivity index (χ1) is 8.83. The minimum atomic E-state index is 0.614. The number of ether oxygens (including phenoxy) is 1. The summed E-state index contributed by atoms with van der Waals surface area (Å²) in [5.41, 5.74) is 7.51. The second-order valence-corrected chi connectivity index (χ2v) is 3.91.